The molecule has 0 aromatic carbocycles. The highest BCUT2D eigenvalue weighted by Gasteiger charge is 2.34. The first-order valence-electron chi connectivity index (χ1n) is 8.63. The maximum Gasteiger partial charge on any atom is 0.249 e. The molecule has 3 rings (SSSR count). The van der Waals surface area contributed by atoms with Crippen LogP contribution in [0.15, 0.2) is 4.52 Å². The molecule has 7 heteroatoms. The van der Waals surface area contributed by atoms with Crippen LogP contribution in [0.4, 0.5) is 0 Å². The zero-order chi connectivity index (χ0) is 16.4. The van der Waals surface area contributed by atoms with Crippen molar-refractivity contribution < 1.29 is 9.32 Å². The van der Waals surface area contributed by atoms with Crippen LogP contribution in [-0.4, -0.2) is 59.1 Å². The van der Waals surface area contributed by atoms with Crippen molar-refractivity contribution in [3.05, 3.63) is 11.7 Å². The number of aromatic nitrogens is 2. The van der Waals surface area contributed by atoms with E-state index in [1.165, 1.54) is 0 Å². The van der Waals surface area contributed by atoms with Crippen molar-refractivity contribution in [3.8, 4) is 0 Å². The van der Waals surface area contributed by atoms with Crippen molar-refractivity contribution in [2.75, 3.05) is 33.2 Å². The second-order valence-corrected chi connectivity index (χ2v) is 6.89. The summed E-state index contributed by atoms with van der Waals surface area (Å²) >= 11 is 0. The molecule has 2 aliphatic rings. The maximum absolute atomic E-state index is 12.5. The third kappa shape index (κ3) is 3.40. The van der Waals surface area contributed by atoms with Gasteiger partial charge in [-0.1, -0.05) is 19.0 Å². The van der Waals surface area contributed by atoms with Gasteiger partial charge in [-0.2, -0.15) is 4.98 Å². The van der Waals surface area contributed by atoms with E-state index in [0.717, 1.165) is 51.3 Å². The monoisotopic (exact) mass is 321 g/mol. The van der Waals surface area contributed by atoms with Crippen LogP contribution in [0.1, 0.15) is 56.9 Å². The quantitative estimate of drug-likeness (QED) is 0.906. The molecule has 128 valence electrons. The molecule has 1 N–H and O–H groups in total. The van der Waals surface area contributed by atoms with Crippen molar-refractivity contribution >= 4 is 5.91 Å². The van der Waals surface area contributed by atoms with Gasteiger partial charge < -0.3 is 14.7 Å². The lowest BCUT2D eigenvalue weighted by Crippen LogP contribution is -2.44. The lowest BCUT2D eigenvalue weighted by Gasteiger charge is -2.34. The number of piperidine rings is 1. The standard InChI is InChI=1S/C16H27N5O2/c1-11(2)16(22)21-8-5-4-6-12(21)15-18-14(19-23-15)13-10-17-7-9-20(13)3/h11-13,17H,4-10H2,1-3H3. The molecule has 1 amide bonds. The first-order chi connectivity index (χ1) is 11.1. The van der Waals surface area contributed by atoms with E-state index in [1.54, 1.807) is 0 Å². The number of rotatable bonds is 3. The number of hydrogen-bond donors (Lipinski definition) is 1. The van der Waals surface area contributed by atoms with Crippen LogP contribution in [-0.2, 0) is 4.79 Å². The van der Waals surface area contributed by atoms with Crippen LogP contribution in [0.25, 0.3) is 0 Å². The van der Waals surface area contributed by atoms with Crippen LogP contribution in [0.5, 0.6) is 0 Å². The van der Waals surface area contributed by atoms with Crippen LogP contribution >= 0.6 is 0 Å². The van der Waals surface area contributed by atoms with E-state index in [-0.39, 0.29) is 23.9 Å². The highest BCUT2D eigenvalue weighted by Crippen LogP contribution is 2.32. The first-order valence-corrected chi connectivity index (χ1v) is 8.63. The van der Waals surface area contributed by atoms with Crippen LogP contribution < -0.4 is 5.32 Å². The average molecular weight is 321 g/mol. The van der Waals surface area contributed by atoms with E-state index in [0.29, 0.717) is 5.89 Å². The number of likely N-dealkylation sites (tertiary alicyclic amines) is 1. The molecule has 0 saturated carbocycles. The number of amides is 1. The van der Waals surface area contributed by atoms with Crippen molar-refractivity contribution in [2.45, 2.75) is 45.2 Å². The van der Waals surface area contributed by atoms with Gasteiger partial charge in [-0.25, -0.2) is 0 Å². The molecule has 1 aromatic rings. The molecule has 23 heavy (non-hydrogen) atoms. The Kier molecular flexibility index (Phi) is 4.96. The Morgan fingerprint density at radius 3 is 2.87 bits per heavy atom. The van der Waals surface area contributed by atoms with Gasteiger partial charge in [-0.15, -0.1) is 0 Å². The van der Waals surface area contributed by atoms with Gasteiger partial charge in [0.05, 0.1) is 6.04 Å². The Balaban J connectivity index is 1.78. The number of nitrogens with one attached hydrogen (secondary N) is 1. The largest absolute Gasteiger partial charge is 0.337 e. The smallest absolute Gasteiger partial charge is 0.249 e. The van der Waals surface area contributed by atoms with Crippen molar-refractivity contribution in [1.82, 2.24) is 25.3 Å². The summed E-state index contributed by atoms with van der Waals surface area (Å²) in [6.07, 6.45) is 3.04. The van der Waals surface area contributed by atoms with E-state index in [1.807, 2.05) is 18.7 Å². The lowest BCUT2D eigenvalue weighted by molar-refractivity contribution is -0.139. The van der Waals surface area contributed by atoms with Crippen LogP contribution in [0.3, 0.4) is 0 Å². The molecule has 0 spiro atoms. The van der Waals surface area contributed by atoms with E-state index >= 15 is 0 Å². The van der Waals surface area contributed by atoms with Gasteiger partial charge in [0.1, 0.15) is 6.04 Å². The van der Waals surface area contributed by atoms with Gasteiger partial charge in [-0.3, -0.25) is 9.69 Å². The van der Waals surface area contributed by atoms with Crippen LogP contribution in [0, 0.1) is 5.92 Å². The van der Waals surface area contributed by atoms with E-state index in [9.17, 15) is 4.79 Å². The predicted octanol–water partition coefficient (Wildman–Crippen LogP) is 1.36. The topological polar surface area (TPSA) is 74.5 Å². The summed E-state index contributed by atoms with van der Waals surface area (Å²) in [6.45, 7) is 7.44. The molecule has 2 saturated heterocycles. The molecular weight excluding hydrogens is 294 g/mol. The Hall–Kier alpha value is -1.47. The van der Waals surface area contributed by atoms with Gasteiger partial charge in [0.15, 0.2) is 5.82 Å². The number of carbonyl (C=O) groups is 1. The molecule has 2 fully saturated rings. The van der Waals surface area contributed by atoms with Gasteiger partial charge >= 0.3 is 0 Å². The fraction of sp³-hybridized carbons (Fsp3) is 0.812. The zero-order valence-electron chi connectivity index (χ0n) is 14.3. The molecule has 7 nitrogen and oxygen atoms in total. The molecule has 1 aromatic heterocycles. The van der Waals surface area contributed by atoms with Gasteiger partial charge in [0, 0.05) is 32.1 Å². The fourth-order valence-corrected chi connectivity index (χ4v) is 3.40. The van der Waals surface area contributed by atoms with Crippen molar-refractivity contribution in [1.29, 1.82) is 0 Å². The van der Waals surface area contributed by atoms with Crippen molar-refractivity contribution in [2.24, 2.45) is 5.92 Å². The number of carbonyl (C=O) groups excluding carboxylic acids is 1. The normalized spacial score (nSPS) is 26.7. The maximum atomic E-state index is 12.5. The summed E-state index contributed by atoms with van der Waals surface area (Å²) in [6, 6.07) is 0.0702. The molecule has 2 atom stereocenters. The summed E-state index contributed by atoms with van der Waals surface area (Å²) in [4.78, 5) is 21.3. The molecule has 0 radical (unpaired) electrons. The summed E-state index contributed by atoms with van der Waals surface area (Å²) in [5.74, 6) is 1.47. The SMILES string of the molecule is CC(C)C(=O)N1CCCCC1c1nc(C2CNCCN2C)no1. The Morgan fingerprint density at radius 1 is 1.30 bits per heavy atom. The molecule has 2 unspecified atom stereocenters. The van der Waals surface area contributed by atoms with Gasteiger partial charge in [0.25, 0.3) is 0 Å². The second kappa shape index (κ2) is 6.97. The Bertz CT molecular complexity index is 544. The van der Waals surface area contributed by atoms with E-state index in [4.69, 9.17) is 4.52 Å². The highest BCUT2D eigenvalue weighted by molar-refractivity contribution is 5.78. The molecular formula is C16H27N5O2. The minimum absolute atomic E-state index is 0.00771. The van der Waals surface area contributed by atoms with E-state index < -0.39 is 0 Å². The first kappa shape index (κ1) is 16.4. The molecule has 2 aliphatic heterocycles. The third-order valence-electron chi connectivity index (χ3n) is 4.83. The van der Waals surface area contributed by atoms with Gasteiger partial charge in [0.2, 0.25) is 11.8 Å². The lowest BCUT2D eigenvalue weighted by atomic mass is 10.00. The number of likely N-dealkylation sites (N-methyl/N-ethyl adjacent to an activating group) is 1. The average Bonchev–Trinajstić information content (AvgIpc) is 3.04. The molecule has 0 aliphatic carbocycles. The minimum Gasteiger partial charge on any atom is -0.337 e. The summed E-state index contributed by atoms with van der Waals surface area (Å²) in [5, 5.41) is 7.56. The molecule has 0 bridgehead atoms. The summed E-state index contributed by atoms with van der Waals surface area (Å²) in [7, 11) is 2.08. The van der Waals surface area contributed by atoms with Gasteiger partial charge in [-0.05, 0) is 26.3 Å². The Morgan fingerprint density at radius 2 is 2.13 bits per heavy atom. The summed E-state index contributed by atoms with van der Waals surface area (Å²) in [5.41, 5.74) is 0. The predicted molar refractivity (Wildman–Crippen MR) is 85.7 cm³/mol. The Labute approximate surface area is 137 Å². The molecule has 3 heterocycles. The number of hydrogen-bond acceptors (Lipinski definition) is 6. The van der Waals surface area contributed by atoms with Crippen LogP contribution in [0.2, 0.25) is 0 Å². The van der Waals surface area contributed by atoms with Crippen molar-refractivity contribution in [3.63, 3.8) is 0 Å². The number of piperazine rings is 1. The summed E-state index contributed by atoms with van der Waals surface area (Å²) < 4.78 is 5.56. The highest BCUT2D eigenvalue weighted by atomic mass is 16.5. The second-order valence-electron chi connectivity index (χ2n) is 6.89. The fourth-order valence-electron chi connectivity index (χ4n) is 3.40. The van der Waals surface area contributed by atoms with E-state index in [2.05, 4.69) is 27.4 Å². The zero-order valence-corrected chi connectivity index (χ0v) is 14.3. The third-order valence-corrected chi connectivity index (χ3v) is 4.83. The minimum atomic E-state index is -0.0678. The number of nitrogens with zero attached hydrogens (tertiary/aromatic N) is 4.